The first-order valence-corrected chi connectivity index (χ1v) is 10.9. The predicted octanol–water partition coefficient (Wildman–Crippen LogP) is 5.06. The van der Waals surface area contributed by atoms with Gasteiger partial charge in [-0.25, -0.2) is 0 Å². The Labute approximate surface area is 174 Å². The molecule has 0 saturated carbocycles. The molecule has 1 amide bonds. The van der Waals surface area contributed by atoms with Crippen molar-refractivity contribution in [2.24, 2.45) is 0 Å². The molecule has 0 unspecified atom stereocenters. The highest BCUT2D eigenvalue weighted by Crippen LogP contribution is 2.22. The van der Waals surface area contributed by atoms with Crippen molar-refractivity contribution in [1.29, 1.82) is 5.26 Å². The summed E-state index contributed by atoms with van der Waals surface area (Å²) in [5.41, 5.74) is 1.82. The van der Waals surface area contributed by atoms with Crippen molar-refractivity contribution in [1.82, 2.24) is 4.90 Å². The Hall–Kier alpha value is -2.46. The molecule has 0 aliphatic carbocycles. The molecule has 2 heterocycles. The summed E-state index contributed by atoms with van der Waals surface area (Å²) < 4.78 is 0. The molecule has 3 rings (SSSR count). The quantitative estimate of drug-likeness (QED) is 0.537. The Morgan fingerprint density at radius 3 is 2.68 bits per heavy atom. The molecule has 0 aliphatic rings. The van der Waals surface area contributed by atoms with Gasteiger partial charge in [-0.1, -0.05) is 30.3 Å². The number of rotatable bonds is 9. The van der Waals surface area contributed by atoms with Crippen LogP contribution in [0.5, 0.6) is 0 Å². The molecule has 0 aliphatic heterocycles. The van der Waals surface area contributed by atoms with E-state index in [0.29, 0.717) is 23.5 Å². The van der Waals surface area contributed by atoms with Gasteiger partial charge in [0.2, 0.25) is 5.91 Å². The van der Waals surface area contributed by atoms with Gasteiger partial charge in [0.15, 0.2) is 0 Å². The zero-order valence-electron chi connectivity index (χ0n) is 15.9. The molecule has 0 spiro atoms. The average molecular weight is 410 g/mol. The van der Waals surface area contributed by atoms with Crippen LogP contribution in [0.25, 0.3) is 0 Å². The first-order chi connectivity index (χ1) is 13.6. The monoisotopic (exact) mass is 409 g/mol. The van der Waals surface area contributed by atoms with Crippen molar-refractivity contribution < 1.29 is 4.79 Å². The summed E-state index contributed by atoms with van der Waals surface area (Å²) in [4.78, 5) is 17.3. The Kier molecular flexibility index (Phi) is 7.38. The van der Waals surface area contributed by atoms with E-state index < -0.39 is 0 Å². The summed E-state index contributed by atoms with van der Waals surface area (Å²) in [7, 11) is 0. The van der Waals surface area contributed by atoms with E-state index in [1.54, 1.807) is 17.4 Å². The van der Waals surface area contributed by atoms with Gasteiger partial charge in [0.1, 0.15) is 11.1 Å². The van der Waals surface area contributed by atoms with E-state index in [1.807, 2.05) is 11.4 Å². The summed E-state index contributed by atoms with van der Waals surface area (Å²) in [6.45, 7) is 4.55. The van der Waals surface area contributed by atoms with Crippen molar-refractivity contribution >= 4 is 33.6 Å². The van der Waals surface area contributed by atoms with Gasteiger partial charge in [-0.2, -0.15) is 5.26 Å². The fourth-order valence-electron chi connectivity index (χ4n) is 2.94. The molecule has 2 aromatic heterocycles. The molecule has 1 aromatic carbocycles. The largest absolute Gasteiger partial charge is 0.317 e. The van der Waals surface area contributed by atoms with Crippen LogP contribution in [0.1, 0.15) is 27.3 Å². The van der Waals surface area contributed by atoms with E-state index in [0.717, 1.165) is 19.5 Å². The second-order valence-electron chi connectivity index (χ2n) is 6.60. The van der Waals surface area contributed by atoms with Gasteiger partial charge in [-0.15, -0.1) is 22.7 Å². The molecule has 6 heteroatoms. The number of nitrogens with one attached hydrogen (secondary N) is 1. The number of thiophene rings is 2. The Bertz CT molecular complexity index is 940. The molecule has 3 aromatic rings. The number of hydrogen-bond acceptors (Lipinski definition) is 5. The lowest BCUT2D eigenvalue weighted by Gasteiger charge is -2.21. The van der Waals surface area contributed by atoms with E-state index in [-0.39, 0.29) is 5.91 Å². The molecular formula is C22H23N3OS2. The first kappa shape index (κ1) is 20.3. The topological polar surface area (TPSA) is 56.1 Å². The number of amides is 1. The number of benzene rings is 1. The molecule has 0 bridgehead atoms. The summed E-state index contributed by atoms with van der Waals surface area (Å²) in [5, 5.41) is 14.4. The van der Waals surface area contributed by atoms with Gasteiger partial charge >= 0.3 is 0 Å². The Morgan fingerprint density at radius 1 is 1.14 bits per heavy atom. The van der Waals surface area contributed by atoms with Crippen molar-refractivity contribution in [2.75, 3.05) is 18.4 Å². The van der Waals surface area contributed by atoms with E-state index in [9.17, 15) is 4.79 Å². The number of nitriles is 1. The van der Waals surface area contributed by atoms with Crippen LogP contribution < -0.4 is 5.32 Å². The average Bonchev–Trinajstić information content (AvgIpc) is 3.33. The van der Waals surface area contributed by atoms with Crippen molar-refractivity contribution in [3.05, 3.63) is 74.8 Å². The minimum absolute atomic E-state index is 0.0500. The maximum atomic E-state index is 12.4. The third-order valence-corrected chi connectivity index (χ3v) is 6.24. The summed E-state index contributed by atoms with van der Waals surface area (Å²) in [6, 6.07) is 18.6. The van der Waals surface area contributed by atoms with Crippen molar-refractivity contribution in [3.63, 3.8) is 0 Å². The van der Waals surface area contributed by atoms with E-state index >= 15 is 0 Å². The predicted molar refractivity (Wildman–Crippen MR) is 117 cm³/mol. The normalized spacial score (nSPS) is 10.8. The fraction of sp³-hybridized carbons (Fsp3) is 0.273. The van der Waals surface area contributed by atoms with Crippen LogP contribution in [0.4, 0.5) is 5.00 Å². The highest BCUT2D eigenvalue weighted by Gasteiger charge is 2.13. The molecular weight excluding hydrogens is 386 g/mol. The van der Waals surface area contributed by atoms with E-state index in [4.69, 9.17) is 5.26 Å². The Morgan fingerprint density at radius 2 is 1.96 bits per heavy atom. The number of nitrogens with zero attached hydrogens (tertiary/aromatic N) is 2. The van der Waals surface area contributed by atoms with Gasteiger partial charge in [0.05, 0.1) is 5.56 Å². The van der Waals surface area contributed by atoms with Gasteiger partial charge in [-0.3, -0.25) is 9.69 Å². The summed E-state index contributed by atoms with van der Waals surface area (Å²) in [5.74, 6) is -0.0500. The van der Waals surface area contributed by atoms with Gasteiger partial charge in [-0.05, 0) is 42.5 Å². The maximum Gasteiger partial charge on any atom is 0.226 e. The number of carbonyl (C=O) groups excluding carboxylic acids is 1. The van der Waals surface area contributed by atoms with Crippen LogP contribution in [0.2, 0.25) is 0 Å². The van der Waals surface area contributed by atoms with Crippen LogP contribution in [0, 0.1) is 18.3 Å². The van der Waals surface area contributed by atoms with Gasteiger partial charge < -0.3 is 5.32 Å². The number of aryl methyl sites for hydroxylation is 1. The molecule has 1 N–H and O–H groups in total. The molecule has 0 radical (unpaired) electrons. The van der Waals surface area contributed by atoms with Crippen LogP contribution in [-0.2, 0) is 17.8 Å². The van der Waals surface area contributed by atoms with Crippen molar-refractivity contribution in [3.8, 4) is 6.07 Å². The smallest absolute Gasteiger partial charge is 0.226 e. The number of hydrogen-bond donors (Lipinski definition) is 1. The van der Waals surface area contributed by atoms with Crippen LogP contribution in [0.3, 0.4) is 0 Å². The maximum absolute atomic E-state index is 12.4. The van der Waals surface area contributed by atoms with Gasteiger partial charge in [0, 0.05) is 35.8 Å². The van der Waals surface area contributed by atoms with Crippen LogP contribution in [0.15, 0.2) is 53.9 Å². The third-order valence-electron chi connectivity index (χ3n) is 4.43. The first-order valence-electron chi connectivity index (χ1n) is 9.23. The molecule has 144 valence electrons. The molecule has 28 heavy (non-hydrogen) atoms. The minimum Gasteiger partial charge on any atom is -0.317 e. The second kappa shape index (κ2) is 10.2. The SMILES string of the molecule is Cc1ccc(CN(CCC(=O)Nc2sccc2C#N)CCc2ccccc2)s1. The molecule has 0 atom stereocenters. The highest BCUT2D eigenvalue weighted by molar-refractivity contribution is 7.14. The summed E-state index contributed by atoms with van der Waals surface area (Å²) in [6.07, 6.45) is 1.36. The summed E-state index contributed by atoms with van der Waals surface area (Å²) >= 11 is 3.19. The van der Waals surface area contributed by atoms with E-state index in [2.05, 4.69) is 59.6 Å². The lowest BCUT2D eigenvalue weighted by atomic mass is 10.1. The van der Waals surface area contributed by atoms with Crippen LogP contribution in [-0.4, -0.2) is 23.9 Å². The highest BCUT2D eigenvalue weighted by atomic mass is 32.1. The lowest BCUT2D eigenvalue weighted by Crippen LogP contribution is -2.29. The molecule has 0 fully saturated rings. The number of carbonyl (C=O) groups is 1. The minimum atomic E-state index is -0.0500. The van der Waals surface area contributed by atoms with E-state index in [1.165, 1.54) is 26.7 Å². The fourth-order valence-corrected chi connectivity index (χ4v) is 4.62. The molecule has 4 nitrogen and oxygen atoms in total. The third kappa shape index (κ3) is 6.03. The Balaban J connectivity index is 1.57. The van der Waals surface area contributed by atoms with Crippen LogP contribution >= 0.6 is 22.7 Å². The second-order valence-corrected chi connectivity index (χ2v) is 8.89. The number of anilines is 1. The standard InChI is InChI=1S/C22H23N3OS2/c1-17-7-8-20(28-17)16-25(12-9-18-5-3-2-4-6-18)13-10-21(26)24-22-19(15-23)11-14-27-22/h2-8,11,14H,9-10,12-13,16H2,1H3,(H,24,26). The lowest BCUT2D eigenvalue weighted by molar-refractivity contribution is -0.116. The zero-order valence-corrected chi connectivity index (χ0v) is 17.5. The van der Waals surface area contributed by atoms with Gasteiger partial charge in [0.25, 0.3) is 0 Å². The zero-order chi connectivity index (χ0) is 19.8. The molecule has 0 saturated heterocycles. The van der Waals surface area contributed by atoms with Crippen molar-refractivity contribution in [2.45, 2.75) is 26.3 Å².